The van der Waals surface area contributed by atoms with Gasteiger partial charge in [-0.25, -0.2) is 5.10 Å². The number of aromatic amines is 1. The fourth-order valence-corrected chi connectivity index (χ4v) is 3.17. The number of H-pyrrole nitrogens is 1. The molecule has 1 fully saturated rings. The van der Waals surface area contributed by atoms with Gasteiger partial charge in [-0.15, -0.1) is 0 Å². The lowest BCUT2D eigenvalue weighted by Gasteiger charge is -2.28. The molecule has 1 saturated carbocycles. The van der Waals surface area contributed by atoms with Crippen LogP contribution in [0.25, 0.3) is 0 Å². The molecule has 0 spiro atoms. The van der Waals surface area contributed by atoms with Crippen molar-refractivity contribution in [3.8, 4) is 0 Å². The van der Waals surface area contributed by atoms with Gasteiger partial charge in [0.1, 0.15) is 0 Å². The molecular formula is C16H26N2O. The highest BCUT2D eigenvalue weighted by atomic mass is 16.1. The van der Waals surface area contributed by atoms with Gasteiger partial charge >= 0.3 is 0 Å². The Balaban J connectivity index is 1.68. The van der Waals surface area contributed by atoms with Crippen molar-refractivity contribution in [3.05, 3.63) is 28.2 Å². The standard InChI is InChI=1S/C16H26N2O/c1-2-3-4-13-5-7-14(8-6-13)9-10-15-11-12-16(19)18-17-15/h11-14H,2-10H2,1H3,(H,18,19)/t13-,14-. The molecule has 0 bridgehead atoms. The van der Waals surface area contributed by atoms with Crippen LogP contribution in [0, 0.1) is 11.8 Å². The van der Waals surface area contributed by atoms with Gasteiger partial charge in [-0.3, -0.25) is 4.79 Å². The van der Waals surface area contributed by atoms with E-state index in [1.807, 2.05) is 6.07 Å². The van der Waals surface area contributed by atoms with Gasteiger partial charge in [-0.1, -0.05) is 51.9 Å². The Hall–Kier alpha value is -1.12. The maximum atomic E-state index is 10.9. The SMILES string of the molecule is CCCC[C@H]1CC[C@H](CCc2ccc(=O)[nH]n2)CC1. The monoisotopic (exact) mass is 262 g/mol. The molecule has 1 aromatic rings. The number of unbranched alkanes of at least 4 members (excludes halogenated alkanes) is 1. The van der Waals surface area contributed by atoms with E-state index >= 15 is 0 Å². The molecule has 0 aliphatic heterocycles. The fourth-order valence-electron chi connectivity index (χ4n) is 3.17. The van der Waals surface area contributed by atoms with Crippen LogP contribution in [0.1, 0.15) is 64.0 Å². The highest BCUT2D eigenvalue weighted by Crippen LogP contribution is 2.33. The maximum Gasteiger partial charge on any atom is 0.264 e. The van der Waals surface area contributed by atoms with Crippen molar-refractivity contribution in [1.29, 1.82) is 0 Å². The van der Waals surface area contributed by atoms with E-state index in [0.717, 1.165) is 24.0 Å². The predicted octanol–water partition coefficient (Wildman–Crippen LogP) is 3.70. The van der Waals surface area contributed by atoms with Crippen LogP contribution in [0.2, 0.25) is 0 Å². The number of nitrogens with zero attached hydrogens (tertiary/aromatic N) is 1. The molecule has 1 aromatic heterocycles. The lowest BCUT2D eigenvalue weighted by Crippen LogP contribution is -2.16. The molecule has 0 aromatic carbocycles. The molecule has 0 unspecified atom stereocenters. The van der Waals surface area contributed by atoms with Gasteiger partial charge in [-0.05, 0) is 30.7 Å². The molecular weight excluding hydrogens is 236 g/mol. The molecule has 1 heterocycles. The molecule has 0 radical (unpaired) electrons. The Morgan fingerprint density at radius 2 is 1.84 bits per heavy atom. The number of hydrogen-bond acceptors (Lipinski definition) is 2. The van der Waals surface area contributed by atoms with Crippen LogP contribution in [0.3, 0.4) is 0 Å². The summed E-state index contributed by atoms with van der Waals surface area (Å²) in [6.45, 7) is 2.28. The minimum absolute atomic E-state index is 0.111. The topological polar surface area (TPSA) is 45.8 Å². The summed E-state index contributed by atoms with van der Waals surface area (Å²) in [7, 11) is 0. The Morgan fingerprint density at radius 3 is 2.42 bits per heavy atom. The van der Waals surface area contributed by atoms with E-state index in [-0.39, 0.29) is 5.56 Å². The second-order valence-electron chi connectivity index (χ2n) is 5.98. The van der Waals surface area contributed by atoms with Gasteiger partial charge in [0.15, 0.2) is 0 Å². The molecule has 3 heteroatoms. The van der Waals surface area contributed by atoms with Crippen molar-refractivity contribution < 1.29 is 0 Å². The summed E-state index contributed by atoms with van der Waals surface area (Å²) < 4.78 is 0. The summed E-state index contributed by atoms with van der Waals surface area (Å²) in [6, 6.07) is 3.43. The lowest BCUT2D eigenvalue weighted by molar-refractivity contribution is 0.249. The van der Waals surface area contributed by atoms with Crippen molar-refractivity contribution >= 4 is 0 Å². The van der Waals surface area contributed by atoms with Crippen LogP contribution < -0.4 is 5.56 Å². The average molecular weight is 262 g/mol. The fraction of sp³-hybridized carbons (Fsp3) is 0.750. The first-order valence-electron chi connectivity index (χ1n) is 7.82. The maximum absolute atomic E-state index is 10.9. The van der Waals surface area contributed by atoms with E-state index in [4.69, 9.17) is 0 Å². The van der Waals surface area contributed by atoms with Crippen LogP contribution in [-0.2, 0) is 6.42 Å². The van der Waals surface area contributed by atoms with Crippen LogP contribution in [0.5, 0.6) is 0 Å². The molecule has 106 valence electrons. The smallest absolute Gasteiger partial charge is 0.264 e. The number of hydrogen-bond donors (Lipinski definition) is 1. The molecule has 0 atom stereocenters. The van der Waals surface area contributed by atoms with Gasteiger partial charge in [-0.2, -0.15) is 5.10 Å². The molecule has 1 aliphatic carbocycles. The molecule has 19 heavy (non-hydrogen) atoms. The number of nitrogens with one attached hydrogen (secondary N) is 1. The quantitative estimate of drug-likeness (QED) is 0.849. The summed E-state index contributed by atoms with van der Waals surface area (Å²) in [5.41, 5.74) is 0.910. The van der Waals surface area contributed by atoms with E-state index in [2.05, 4.69) is 17.1 Å². The first kappa shape index (κ1) is 14.3. The van der Waals surface area contributed by atoms with E-state index in [1.54, 1.807) is 6.07 Å². The third-order valence-electron chi connectivity index (χ3n) is 4.48. The van der Waals surface area contributed by atoms with Crippen molar-refractivity contribution in [1.82, 2.24) is 10.2 Å². The molecule has 1 N–H and O–H groups in total. The second-order valence-corrected chi connectivity index (χ2v) is 5.98. The third kappa shape index (κ3) is 4.81. The number of rotatable bonds is 6. The van der Waals surface area contributed by atoms with Crippen LogP contribution in [0.15, 0.2) is 16.9 Å². The van der Waals surface area contributed by atoms with Gasteiger partial charge < -0.3 is 0 Å². The van der Waals surface area contributed by atoms with Crippen LogP contribution in [0.4, 0.5) is 0 Å². The Morgan fingerprint density at radius 1 is 1.16 bits per heavy atom. The zero-order chi connectivity index (χ0) is 13.5. The van der Waals surface area contributed by atoms with Crippen molar-refractivity contribution in [2.45, 2.75) is 64.7 Å². The molecule has 1 aliphatic rings. The summed E-state index contributed by atoms with van der Waals surface area (Å²) in [5.74, 6) is 1.86. The zero-order valence-electron chi connectivity index (χ0n) is 12.0. The van der Waals surface area contributed by atoms with Gasteiger partial charge in [0.2, 0.25) is 0 Å². The van der Waals surface area contributed by atoms with Crippen molar-refractivity contribution in [2.24, 2.45) is 11.8 Å². The number of aromatic nitrogens is 2. The van der Waals surface area contributed by atoms with Gasteiger partial charge in [0.25, 0.3) is 5.56 Å². The minimum atomic E-state index is -0.111. The number of aryl methyl sites for hydroxylation is 1. The Bertz CT molecular complexity index is 399. The lowest BCUT2D eigenvalue weighted by atomic mass is 9.78. The Labute approximate surface area is 115 Å². The summed E-state index contributed by atoms with van der Waals surface area (Å²) in [6.07, 6.45) is 12.0. The first-order valence-corrected chi connectivity index (χ1v) is 7.82. The predicted molar refractivity (Wildman–Crippen MR) is 78.2 cm³/mol. The second kappa shape index (κ2) is 7.46. The van der Waals surface area contributed by atoms with E-state index in [1.165, 1.54) is 51.4 Å². The van der Waals surface area contributed by atoms with Crippen molar-refractivity contribution in [2.75, 3.05) is 0 Å². The van der Waals surface area contributed by atoms with E-state index < -0.39 is 0 Å². The average Bonchev–Trinajstić information content (AvgIpc) is 2.46. The minimum Gasteiger partial charge on any atom is -0.268 e. The highest BCUT2D eigenvalue weighted by Gasteiger charge is 2.20. The zero-order valence-corrected chi connectivity index (χ0v) is 12.0. The summed E-state index contributed by atoms with van der Waals surface area (Å²) in [4.78, 5) is 10.9. The Kier molecular flexibility index (Phi) is 5.62. The third-order valence-corrected chi connectivity index (χ3v) is 4.48. The van der Waals surface area contributed by atoms with E-state index in [9.17, 15) is 4.79 Å². The normalized spacial score (nSPS) is 23.4. The molecule has 3 nitrogen and oxygen atoms in total. The van der Waals surface area contributed by atoms with Crippen LogP contribution in [-0.4, -0.2) is 10.2 Å². The van der Waals surface area contributed by atoms with Gasteiger partial charge in [0, 0.05) is 6.07 Å². The van der Waals surface area contributed by atoms with Crippen LogP contribution >= 0.6 is 0 Å². The van der Waals surface area contributed by atoms with Crippen molar-refractivity contribution in [3.63, 3.8) is 0 Å². The first-order chi connectivity index (χ1) is 9.28. The molecule has 0 amide bonds. The highest BCUT2D eigenvalue weighted by molar-refractivity contribution is 4.99. The van der Waals surface area contributed by atoms with E-state index in [0.29, 0.717) is 0 Å². The summed E-state index contributed by atoms with van der Waals surface area (Å²) >= 11 is 0. The van der Waals surface area contributed by atoms with Gasteiger partial charge in [0.05, 0.1) is 5.69 Å². The summed E-state index contributed by atoms with van der Waals surface area (Å²) in [5, 5.41) is 6.59. The molecule has 2 rings (SSSR count). The largest absolute Gasteiger partial charge is 0.268 e. The molecule has 0 saturated heterocycles.